The smallest absolute Gasteiger partial charge is 0.231 e. The minimum Gasteiger partial charge on any atom is -0.454 e. The number of ether oxygens (including phenoxy) is 2. The van der Waals surface area contributed by atoms with Crippen molar-refractivity contribution in [3.8, 4) is 34.0 Å². The number of H-pyrrole nitrogens is 1. The number of rotatable bonds is 2. The predicted molar refractivity (Wildman–Crippen MR) is 76.8 cm³/mol. The van der Waals surface area contributed by atoms with Crippen molar-refractivity contribution < 1.29 is 9.47 Å². The van der Waals surface area contributed by atoms with Crippen LogP contribution in [-0.4, -0.2) is 26.8 Å². The Bertz CT molecular complexity index is 821. The summed E-state index contributed by atoms with van der Waals surface area (Å²) in [5.74, 6) is 1.87. The maximum Gasteiger partial charge on any atom is 0.231 e. The maximum atomic E-state index is 6.01. The zero-order chi connectivity index (χ0) is 14.4. The Morgan fingerprint density at radius 3 is 2.90 bits per heavy atom. The Kier molecular flexibility index (Phi) is 2.41. The summed E-state index contributed by atoms with van der Waals surface area (Å²) in [6.45, 7) is 0.243. The summed E-state index contributed by atoms with van der Waals surface area (Å²) in [7, 11) is 1.86. The molecule has 3 aromatic rings. The van der Waals surface area contributed by atoms with Crippen LogP contribution in [0.1, 0.15) is 0 Å². The van der Waals surface area contributed by atoms with Crippen LogP contribution in [0.3, 0.4) is 0 Å². The number of hydrogen-bond donors (Lipinski definition) is 2. The van der Waals surface area contributed by atoms with Crippen molar-refractivity contribution in [2.75, 3.05) is 12.5 Å². The molecule has 0 saturated heterocycles. The lowest BCUT2D eigenvalue weighted by Crippen LogP contribution is -1.93. The zero-order valence-electron chi connectivity index (χ0n) is 11.3. The molecule has 106 valence electrons. The van der Waals surface area contributed by atoms with Gasteiger partial charge in [0.15, 0.2) is 17.3 Å². The van der Waals surface area contributed by atoms with E-state index in [0.29, 0.717) is 11.6 Å². The number of aromatic nitrogens is 4. The predicted octanol–water partition coefficient (Wildman–Crippen LogP) is 1.79. The van der Waals surface area contributed by atoms with Crippen LogP contribution in [0, 0.1) is 0 Å². The average Bonchev–Trinajstić information content (AvgIpc) is 3.17. The van der Waals surface area contributed by atoms with Gasteiger partial charge in [-0.05, 0) is 23.8 Å². The van der Waals surface area contributed by atoms with Crippen molar-refractivity contribution in [2.45, 2.75) is 0 Å². The molecule has 0 unspecified atom stereocenters. The number of nitrogens with zero attached hydrogens (tertiary/aromatic N) is 3. The highest BCUT2D eigenvalue weighted by Crippen LogP contribution is 2.40. The van der Waals surface area contributed by atoms with Crippen molar-refractivity contribution in [1.29, 1.82) is 0 Å². The van der Waals surface area contributed by atoms with Crippen LogP contribution in [0.4, 0.5) is 5.82 Å². The lowest BCUT2D eigenvalue weighted by atomic mass is 10.0. The lowest BCUT2D eigenvalue weighted by Gasteiger charge is -2.04. The van der Waals surface area contributed by atoms with E-state index in [2.05, 4.69) is 15.3 Å². The van der Waals surface area contributed by atoms with E-state index in [1.807, 2.05) is 37.5 Å². The summed E-state index contributed by atoms with van der Waals surface area (Å²) in [6, 6.07) is 7.60. The van der Waals surface area contributed by atoms with E-state index in [9.17, 15) is 0 Å². The molecule has 7 heteroatoms. The molecule has 0 fully saturated rings. The highest BCUT2D eigenvalue weighted by atomic mass is 16.7. The summed E-state index contributed by atoms with van der Waals surface area (Å²) in [6.07, 6.45) is 1.87. The van der Waals surface area contributed by atoms with Gasteiger partial charge in [0.2, 0.25) is 6.79 Å². The standard InChI is InChI=1S/C14H13N5O2/c1-19-5-4-9(18-19)13-12(14(15)17-16-13)8-2-3-10-11(6-8)21-7-20-10/h2-6H,7H2,1H3,(H3,15,16,17). The Labute approximate surface area is 120 Å². The minimum absolute atomic E-state index is 0.243. The first-order chi connectivity index (χ1) is 10.2. The van der Waals surface area contributed by atoms with Crippen molar-refractivity contribution in [3.05, 3.63) is 30.5 Å². The highest BCUT2D eigenvalue weighted by molar-refractivity contribution is 5.87. The minimum atomic E-state index is 0.243. The Morgan fingerprint density at radius 2 is 2.10 bits per heavy atom. The monoisotopic (exact) mass is 283 g/mol. The molecule has 2 aromatic heterocycles. The average molecular weight is 283 g/mol. The summed E-state index contributed by atoms with van der Waals surface area (Å²) < 4.78 is 12.5. The van der Waals surface area contributed by atoms with Gasteiger partial charge in [-0.2, -0.15) is 10.2 Å². The molecular weight excluding hydrogens is 270 g/mol. The van der Waals surface area contributed by atoms with Gasteiger partial charge in [-0.15, -0.1) is 0 Å². The lowest BCUT2D eigenvalue weighted by molar-refractivity contribution is 0.174. The van der Waals surface area contributed by atoms with Gasteiger partial charge in [0.1, 0.15) is 5.69 Å². The summed E-state index contributed by atoms with van der Waals surface area (Å²) in [5, 5.41) is 11.4. The third kappa shape index (κ3) is 1.82. The number of nitrogens with two attached hydrogens (primary N) is 1. The van der Waals surface area contributed by atoms with Crippen LogP contribution in [0.15, 0.2) is 30.5 Å². The fourth-order valence-corrected chi connectivity index (χ4v) is 2.43. The molecule has 1 aromatic carbocycles. The van der Waals surface area contributed by atoms with E-state index in [0.717, 1.165) is 28.3 Å². The first kappa shape index (κ1) is 11.8. The first-order valence-corrected chi connectivity index (χ1v) is 6.46. The molecule has 0 bridgehead atoms. The van der Waals surface area contributed by atoms with Crippen molar-refractivity contribution in [3.63, 3.8) is 0 Å². The molecule has 21 heavy (non-hydrogen) atoms. The summed E-state index contributed by atoms with van der Waals surface area (Å²) in [4.78, 5) is 0. The van der Waals surface area contributed by atoms with Gasteiger partial charge in [-0.1, -0.05) is 6.07 Å². The van der Waals surface area contributed by atoms with Gasteiger partial charge in [-0.25, -0.2) is 0 Å². The van der Waals surface area contributed by atoms with E-state index >= 15 is 0 Å². The van der Waals surface area contributed by atoms with Crippen LogP contribution in [0.2, 0.25) is 0 Å². The van der Waals surface area contributed by atoms with Crippen molar-refractivity contribution >= 4 is 5.82 Å². The largest absolute Gasteiger partial charge is 0.454 e. The highest BCUT2D eigenvalue weighted by Gasteiger charge is 2.20. The second-order valence-corrected chi connectivity index (χ2v) is 4.80. The molecule has 7 nitrogen and oxygen atoms in total. The van der Waals surface area contributed by atoms with Crippen molar-refractivity contribution in [2.24, 2.45) is 7.05 Å². The van der Waals surface area contributed by atoms with E-state index in [1.54, 1.807) is 4.68 Å². The zero-order valence-corrected chi connectivity index (χ0v) is 11.3. The number of nitrogens with one attached hydrogen (secondary N) is 1. The van der Waals surface area contributed by atoms with Crippen LogP contribution in [-0.2, 0) is 7.05 Å². The van der Waals surface area contributed by atoms with Gasteiger partial charge in [0, 0.05) is 13.2 Å². The number of benzene rings is 1. The number of aromatic amines is 1. The molecule has 0 radical (unpaired) electrons. The third-order valence-electron chi connectivity index (χ3n) is 3.43. The molecular formula is C14H13N5O2. The Morgan fingerprint density at radius 1 is 1.24 bits per heavy atom. The maximum absolute atomic E-state index is 6.01. The first-order valence-electron chi connectivity index (χ1n) is 6.46. The number of nitrogen functional groups attached to an aromatic ring is 1. The van der Waals surface area contributed by atoms with Crippen LogP contribution < -0.4 is 15.2 Å². The summed E-state index contributed by atoms with van der Waals surface area (Å²) in [5.41, 5.74) is 9.30. The number of aryl methyl sites for hydroxylation is 1. The molecule has 3 N–H and O–H groups in total. The van der Waals surface area contributed by atoms with Gasteiger partial charge in [0.05, 0.1) is 11.3 Å². The van der Waals surface area contributed by atoms with Crippen molar-refractivity contribution in [1.82, 2.24) is 20.0 Å². The van der Waals surface area contributed by atoms with E-state index in [-0.39, 0.29) is 6.79 Å². The molecule has 3 heterocycles. The molecule has 1 aliphatic heterocycles. The molecule has 0 aliphatic carbocycles. The fourth-order valence-electron chi connectivity index (χ4n) is 2.43. The second kappa shape index (κ2) is 4.27. The molecule has 0 atom stereocenters. The quantitative estimate of drug-likeness (QED) is 0.748. The van der Waals surface area contributed by atoms with Crippen LogP contribution in [0.5, 0.6) is 11.5 Å². The van der Waals surface area contributed by atoms with E-state index in [4.69, 9.17) is 15.2 Å². The molecule has 4 rings (SSSR count). The number of fused-ring (bicyclic) bond motifs is 1. The van der Waals surface area contributed by atoms with E-state index < -0.39 is 0 Å². The Balaban J connectivity index is 1.87. The third-order valence-corrected chi connectivity index (χ3v) is 3.43. The van der Waals surface area contributed by atoms with Gasteiger partial charge in [-0.3, -0.25) is 9.78 Å². The van der Waals surface area contributed by atoms with Gasteiger partial charge >= 0.3 is 0 Å². The molecule has 0 spiro atoms. The van der Waals surface area contributed by atoms with Crippen LogP contribution >= 0.6 is 0 Å². The molecule has 0 saturated carbocycles. The Hall–Kier alpha value is -2.96. The van der Waals surface area contributed by atoms with Gasteiger partial charge < -0.3 is 15.2 Å². The number of hydrogen-bond acceptors (Lipinski definition) is 5. The summed E-state index contributed by atoms with van der Waals surface area (Å²) >= 11 is 0. The topological polar surface area (TPSA) is 91.0 Å². The molecule has 1 aliphatic rings. The number of anilines is 1. The SMILES string of the molecule is Cn1ccc(-c2[nH]nc(N)c2-c2ccc3c(c2)OCO3)n1. The molecule has 0 amide bonds. The second-order valence-electron chi connectivity index (χ2n) is 4.80. The van der Waals surface area contributed by atoms with Gasteiger partial charge in [0.25, 0.3) is 0 Å². The fraction of sp³-hybridized carbons (Fsp3) is 0.143. The van der Waals surface area contributed by atoms with E-state index in [1.165, 1.54) is 0 Å². The normalized spacial score (nSPS) is 12.8. The van der Waals surface area contributed by atoms with Crippen LogP contribution in [0.25, 0.3) is 22.5 Å².